The van der Waals surface area contributed by atoms with Crippen LogP contribution in [0.15, 0.2) is 24.5 Å². The lowest BCUT2D eigenvalue weighted by Gasteiger charge is -2.20. The molecule has 1 amide bonds. The van der Waals surface area contributed by atoms with Crippen molar-refractivity contribution < 1.29 is 19.1 Å². The first-order chi connectivity index (χ1) is 12.7. The number of anilines is 2. The standard InChI is InChI=1S/C18H21N5O4/c1-18(2,3)27-13(24)8-23-12-6-5-10(22-17(25)26-4)7-11(12)14-15(19)20-9-21-16(14)23/h5-7,9H,8H2,1-4H3,(H,22,25)(H2,19,20,21). The van der Waals surface area contributed by atoms with Gasteiger partial charge in [0.2, 0.25) is 0 Å². The summed E-state index contributed by atoms with van der Waals surface area (Å²) in [5, 5.41) is 3.92. The van der Waals surface area contributed by atoms with Gasteiger partial charge in [-0.3, -0.25) is 10.1 Å². The summed E-state index contributed by atoms with van der Waals surface area (Å²) < 4.78 is 11.8. The molecule has 0 bridgehead atoms. The molecule has 0 atom stereocenters. The molecule has 1 aromatic carbocycles. The lowest BCUT2D eigenvalue weighted by Crippen LogP contribution is -2.26. The maximum Gasteiger partial charge on any atom is 0.411 e. The number of amides is 1. The van der Waals surface area contributed by atoms with Crippen molar-refractivity contribution >= 4 is 45.5 Å². The third-order valence-electron chi connectivity index (χ3n) is 3.81. The van der Waals surface area contributed by atoms with Crippen LogP contribution in [0, 0.1) is 0 Å². The van der Waals surface area contributed by atoms with Gasteiger partial charge in [-0.05, 0) is 39.0 Å². The van der Waals surface area contributed by atoms with Gasteiger partial charge in [0, 0.05) is 11.1 Å². The molecule has 0 saturated heterocycles. The lowest BCUT2D eigenvalue weighted by molar-refractivity contribution is -0.155. The molecule has 9 nitrogen and oxygen atoms in total. The van der Waals surface area contributed by atoms with Crippen molar-refractivity contribution in [3.05, 3.63) is 24.5 Å². The Morgan fingerprint density at radius 2 is 2.00 bits per heavy atom. The Kier molecular flexibility index (Phi) is 4.61. The smallest absolute Gasteiger partial charge is 0.411 e. The Labute approximate surface area is 155 Å². The summed E-state index contributed by atoms with van der Waals surface area (Å²) in [5.41, 5.74) is 7.21. The van der Waals surface area contributed by atoms with Gasteiger partial charge in [-0.2, -0.15) is 0 Å². The first kappa shape index (κ1) is 18.4. The van der Waals surface area contributed by atoms with E-state index in [0.29, 0.717) is 22.1 Å². The summed E-state index contributed by atoms with van der Waals surface area (Å²) in [6.45, 7) is 5.39. The third-order valence-corrected chi connectivity index (χ3v) is 3.81. The van der Waals surface area contributed by atoms with Crippen LogP contribution >= 0.6 is 0 Å². The molecule has 3 aromatic rings. The topological polar surface area (TPSA) is 121 Å². The van der Waals surface area contributed by atoms with E-state index in [2.05, 4.69) is 20.0 Å². The SMILES string of the molecule is COC(=O)Nc1ccc2c(c1)c1c(N)ncnc1n2CC(=O)OC(C)(C)C. The minimum absolute atomic E-state index is 0.0303. The molecule has 2 heterocycles. The van der Waals surface area contributed by atoms with Gasteiger partial charge in [-0.25, -0.2) is 14.8 Å². The quantitative estimate of drug-likeness (QED) is 0.679. The van der Waals surface area contributed by atoms with Crippen LogP contribution in [-0.2, 0) is 20.8 Å². The number of nitrogens with two attached hydrogens (primary N) is 1. The number of nitrogens with zero attached hydrogens (tertiary/aromatic N) is 3. The second-order valence-corrected chi connectivity index (χ2v) is 6.98. The summed E-state index contributed by atoms with van der Waals surface area (Å²) in [6.07, 6.45) is 0.756. The molecular formula is C18H21N5O4. The number of nitrogens with one attached hydrogen (secondary N) is 1. The van der Waals surface area contributed by atoms with E-state index in [0.717, 1.165) is 5.52 Å². The molecule has 9 heteroatoms. The van der Waals surface area contributed by atoms with E-state index in [1.165, 1.54) is 13.4 Å². The van der Waals surface area contributed by atoms with Crippen LogP contribution in [0.1, 0.15) is 20.8 Å². The fourth-order valence-electron chi connectivity index (χ4n) is 2.85. The number of benzene rings is 1. The largest absolute Gasteiger partial charge is 0.459 e. The molecule has 142 valence electrons. The van der Waals surface area contributed by atoms with Crippen molar-refractivity contribution in [1.82, 2.24) is 14.5 Å². The highest BCUT2D eigenvalue weighted by atomic mass is 16.6. The Bertz CT molecular complexity index is 1040. The average Bonchev–Trinajstić information content (AvgIpc) is 2.87. The van der Waals surface area contributed by atoms with Crippen molar-refractivity contribution in [2.75, 3.05) is 18.2 Å². The number of hydrogen-bond donors (Lipinski definition) is 2. The third kappa shape index (κ3) is 3.76. The fraction of sp³-hybridized carbons (Fsp3) is 0.333. The van der Waals surface area contributed by atoms with E-state index in [4.69, 9.17) is 10.5 Å². The van der Waals surface area contributed by atoms with Crippen LogP contribution in [0.4, 0.5) is 16.3 Å². The van der Waals surface area contributed by atoms with Gasteiger partial charge in [0.05, 0.1) is 18.0 Å². The Morgan fingerprint density at radius 1 is 1.26 bits per heavy atom. The number of carbonyl (C=O) groups excluding carboxylic acids is 2. The average molecular weight is 371 g/mol. The predicted molar refractivity (Wildman–Crippen MR) is 101 cm³/mol. The number of carbonyl (C=O) groups is 2. The van der Waals surface area contributed by atoms with E-state index in [1.807, 2.05) is 20.8 Å². The lowest BCUT2D eigenvalue weighted by atomic mass is 10.2. The molecule has 0 aliphatic rings. The van der Waals surface area contributed by atoms with E-state index in [9.17, 15) is 9.59 Å². The maximum absolute atomic E-state index is 12.4. The molecular weight excluding hydrogens is 350 g/mol. The van der Waals surface area contributed by atoms with E-state index >= 15 is 0 Å². The zero-order valence-corrected chi connectivity index (χ0v) is 15.6. The van der Waals surface area contributed by atoms with Gasteiger partial charge >= 0.3 is 12.1 Å². The summed E-state index contributed by atoms with van der Waals surface area (Å²) in [6, 6.07) is 5.21. The molecule has 0 spiro atoms. The Balaban J connectivity index is 2.13. The predicted octanol–water partition coefficient (Wildman–Crippen LogP) is 2.69. The normalized spacial score (nSPS) is 11.6. The van der Waals surface area contributed by atoms with E-state index in [1.54, 1.807) is 22.8 Å². The second-order valence-electron chi connectivity index (χ2n) is 6.98. The van der Waals surface area contributed by atoms with Crippen molar-refractivity contribution in [2.24, 2.45) is 0 Å². The zero-order chi connectivity index (χ0) is 19.8. The minimum atomic E-state index is -0.596. The van der Waals surface area contributed by atoms with E-state index < -0.39 is 17.7 Å². The number of esters is 1. The molecule has 0 unspecified atom stereocenters. The summed E-state index contributed by atoms with van der Waals surface area (Å²) in [4.78, 5) is 32.2. The fourth-order valence-corrected chi connectivity index (χ4v) is 2.85. The van der Waals surface area contributed by atoms with Crippen LogP contribution < -0.4 is 11.1 Å². The summed E-state index contributed by atoms with van der Waals surface area (Å²) in [7, 11) is 1.28. The highest BCUT2D eigenvalue weighted by molar-refractivity contribution is 6.13. The summed E-state index contributed by atoms with van der Waals surface area (Å²) >= 11 is 0. The van der Waals surface area contributed by atoms with Gasteiger partial charge in [0.1, 0.15) is 29.9 Å². The number of ether oxygens (including phenoxy) is 2. The number of methoxy groups -OCH3 is 1. The molecule has 0 radical (unpaired) electrons. The number of hydrogen-bond acceptors (Lipinski definition) is 7. The van der Waals surface area contributed by atoms with Gasteiger partial charge in [-0.1, -0.05) is 0 Å². The van der Waals surface area contributed by atoms with Gasteiger partial charge in [-0.15, -0.1) is 0 Å². The molecule has 0 aliphatic carbocycles. The van der Waals surface area contributed by atoms with Crippen LogP contribution in [0.5, 0.6) is 0 Å². The van der Waals surface area contributed by atoms with Crippen molar-refractivity contribution in [1.29, 1.82) is 0 Å². The highest BCUT2D eigenvalue weighted by Crippen LogP contribution is 2.32. The first-order valence-corrected chi connectivity index (χ1v) is 8.29. The van der Waals surface area contributed by atoms with Crippen LogP contribution in [0.25, 0.3) is 21.9 Å². The van der Waals surface area contributed by atoms with Crippen LogP contribution in [0.3, 0.4) is 0 Å². The van der Waals surface area contributed by atoms with Crippen LogP contribution in [0.2, 0.25) is 0 Å². The summed E-state index contributed by atoms with van der Waals surface area (Å²) in [5.74, 6) is -0.113. The second kappa shape index (κ2) is 6.75. The number of aromatic nitrogens is 3. The maximum atomic E-state index is 12.4. The molecule has 0 fully saturated rings. The molecule has 3 N–H and O–H groups in total. The van der Waals surface area contributed by atoms with E-state index in [-0.39, 0.29) is 12.4 Å². The zero-order valence-electron chi connectivity index (χ0n) is 15.6. The monoisotopic (exact) mass is 371 g/mol. The number of fused-ring (bicyclic) bond motifs is 3. The highest BCUT2D eigenvalue weighted by Gasteiger charge is 2.21. The molecule has 0 aliphatic heterocycles. The number of rotatable bonds is 3. The molecule has 27 heavy (non-hydrogen) atoms. The van der Waals surface area contributed by atoms with Gasteiger partial charge in [0.15, 0.2) is 0 Å². The first-order valence-electron chi connectivity index (χ1n) is 8.29. The van der Waals surface area contributed by atoms with Crippen LogP contribution in [-0.4, -0.2) is 39.3 Å². The van der Waals surface area contributed by atoms with Crippen molar-refractivity contribution in [3.8, 4) is 0 Å². The van der Waals surface area contributed by atoms with Crippen molar-refractivity contribution in [2.45, 2.75) is 32.9 Å². The minimum Gasteiger partial charge on any atom is -0.459 e. The van der Waals surface area contributed by atoms with Crippen molar-refractivity contribution in [3.63, 3.8) is 0 Å². The Morgan fingerprint density at radius 3 is 2.67 bits per heavy atom. The molecule has 3 rings (SSSR count). The van der Waals surface area contributed by atoms with Gasteiger partial charge in [0.25, 0.3) is 0 Å². The number of nitrogen functional groups attached to an aromatic ring is 1. The molecule has 2 aromatic heterocycles. The van der Waals surface area contributed by atoms with Gasteiger partial charge < -0.3 is 19.8 Å². The Hall–Kier alpha value is -3.36. The molecule has 0 saturated carbocycles.